The van der Waals surface area contributed by atoms with Crippen molar-refractivity contribution in [2.45, 2.75) is 116 Å². The molecule has 3 rings (SSSR count). The molecule has 1 N–H and O–H groups in total. The van der Waals surface area contributed by atoms with Gasteiger partial charge in [0, 0.05) is 25.5 Å². The van der Waals surface area contributed by atoms with Crippen LogP contribution in [-0.2, 0) is 28.6 Å². The molecule has 0 aliphatic carbocycles. The fraction of sp³-hybridized carbons (Fsp3) is 0.490. The molecule has 13 nitrogen and oxygen atoms in total. The molecule has 0 aliphatic rings. The van der Waals surface area contributed by atoms with Gasteiger partial charge in [-0.3, -0.25) is 9.59 Å². The molecule has 0 heterocycles. The van der Waals surface area contributed by atoms with Crippen LogP contribution < -0.4 is 18.9 Å². The molecule has 13 heteroatoms. The third-order valence-electron chi connectivity index (χ3n) is 9.54. The summed E-state index contributed by atoms with van der Waals surface area (Å²) in [6, 6.07) is 19.7. The fourth-order valence-electron chi connectivity index (χ4n) is 5.99. The van der Waals surface area contributed by atoms with Crippen molar-refractivity contribution in [1.29, 1.82) is 0 Å². The van der Waals surface area contributed by atoms with E-state index in [1.807, 2.05) is 0 Å². The highest BCUT2D eigenvalue weighted by Gasteiger charge is 2.12. The van der Waals surface area contributed by atoms with Crippen molar-refractivity contribution >= 4 is 29.8 Å². The summed E-state index contributed by atoms with van der Waals surface area (Å²) in [5.74, 6) is 0.0489. The third-order valence-corrected chi connectivity index (χ3v) is 9.54. The summed E-state index contributed by atoms with van der Waals surface area (Å²) < 4.78 is 38.0. The van der Waals surface area contributed by atoms with Crippen molar-refractivity contribution in [2.75, 3.05) is 39.6 Å². The molecular weight excluding hydrogens is 797 g/mol. The smallest absolute Gasteiger partial charge is 0.343 e. The van der Waals surface area contributed by atoms with E-state index in [1.165, 1.54) is 0 Å². The maximum Gasteiger partial charge on any atom is 0.343 e. The van der Waals surface area contributed by atoms with Gasteiger partial charge in [-0.1, -0.05) is 38.7 Å². The average molecular weight is 861 g/mol. The quantitative estimate of drug-likeness (QED) is 0.0198. The monoisotopic (exact) mass is 860 g/mol. The molecule has 0 amide bonds. The van der Waals surface area contributed by atoms with Gasteiger partial charge in [-0.15, -0.1) is 0 Å². The summed E-state index contributed by atoms with van der Waals surface area (Å²) in [6.45, 7) is 5.79. The second-order valence-corrected chi connectivity index (χ2v) is 14.7. The normalized spacial score (nSPS) is 10.7. The van der Waals surface area contributed by atoms with Gasteiger partial charge < -0.3 is 38.3 Å². The Hall–Kier alpha value is -5.69. The minimum atomic E-state index is -0.533. The maximum atomic E-state index is 12.7. The summed E-state index contributed by atoms with van der Waals surface area (Å²) >= 11 is 0. The van der Waals surface area contributed by atoms with E-state index in [2.05, 4.69) is 6.58 Å². The third kappa shape index (κ3) is 23.3. The molecule has 0 bridgehead atoms. The summed E-state index contributed by atoms with van der Waals surface area (Å²) in [7, 11) is 0. The Morgan fingerprint density at radius 3 is 1.16 bits per heavy atom. The topological polar surface area (TPSA) is 170 Å². The number of esters is 5. The zero-order valence-corrected chi connectivity index (χ0v) is 36.0. The molecule has 0 saturated carbocycles. The number of carbonyl (C=O) groups is 5. The van der Waals surface area contributed by atoms with E-state index in [0.29, 0.717) is 92.8 Å². The number of aliphatic hydroxyl groups is 1. The van der Waals surface area contributed by atoms with E-state index in [-0.39, 0.29) is 18.5 Å². The largest absolute Gasteiger partial charge is 0.494 e. The first-order chi connectivity index (χ1) is 30.3. The van der Waals surface area contributed by atoms with Gasteiger partial charge in [0.05, 0.1) is 44.2 Å². The summed E-state index contributed by atoms with van der Waals surface area (Å²) in [6.07, 6.45) is 15.8. The Morgan fingerprint density at radius 1 is 0.419 bits per heavy atom. The number of unbranched alkanes of at least 4 members (excludes halogenated alkanes) is 12. The van der Waals surface area contributed by atoms with E-state index >= 15 is 0 Å². The van der Waals surface area contributed by atoms with Crippen LogP contribution in [0.2, 0.25) is 0 Å². The van der Waals surface area contributed by atoms with Crippen molar-refractivity contribution in [2.24, 2.45) is 0 Å². The molecular formula is C49H64O13. The van der Waals surface area contributed by atoms with Crippen molar-refractivity contribution in [3.8, 4) is 23.0 Å². The highest BCUT2D eigenvalue weighted by atomic mass is 16.6. The summed E-state index contributed by atoms with van der Waals surface area (Å²) in [5, 5.41) is 8.76. The average Bonchev–Trinajstić information content (AvgIpc) is 3.28. The molecule has 0 spiro atoms. The number of aliphatic hydroxyl groups excluding tert-OH is 1. The Labute approximate surface area is 366 Å². The van der Waals surface area contributed by atoms with E-state index in [1.54, 1.807) is 72.8 Å². The number of benzene rings is 3. The van der Waals surface area contributed by atoms with Crippen molar-refractivity contribution < 1.29 is 62.2 Å². The van der Waals surface area contributed by atoms with Gasteiger partial charge in [-0.25, -0.2) is 14.4 Å². The second-order valence-electron chi connectivity index (χ2n) is 14.7. The van der Waals surface area contributed by atoms with E-state index in [0.717, 1.165) is 96.0 Å². The molecule has 0 saturated heterocycles. The van der Waals surface area contributed by atoms with Crippen LogP contribution >= 0.6 is 0 Å². The number of rotatable bonds is 34. The first-order valence-corrected chi connectivity index (χ1v) is 22.0. The molecule has 338 valence electrons. The molecule has 0 atom stereocenters. The molecule has 0 fully saturated rings. The fourth-order valence-corrected chi connectivity index (χ4v) is 5.99. The molecule has 0 aliphatic heterocycles. The Bertz CT molecular complexity index is 1740. The summed E-state index contributed by atoms with van der Waals surface area (Å²) in [4.78, 5) is 60.0. The number of hydrogen-bond donors (Lipinski definition) is 1. The van der Waals surface area contributed by atoms with Crippen molar-refractivity contribution in [3.05, 3.63) is 96.6 Å². The minimum absolute atomic E-state index is 0.146. The lowest BCUT2D eigenvalue weighted by Crippen LogP contribution is -2.10. The number of hydrogen-bond acceptors (Lipinski definition) is 13. The Balaban J connectivity index is 1.17. The number of ether oxygens (including phenoxy) is 7. The molecule has 3 aromatic rings. The van der Waals surface area contributed by atoms with E-state index < -0.39 is 17.9 Å². The Kier molecular flexibility index (Phi) is 26.2. The van der Waals surface area contributed by atoms with Gasteiger partial charge in [0.1, 0.15) is 23.0 Å². The standard InChI is InChI=1S/C49H64O13/c1-2-45(51)58-36-17-8-7-15-35-57-42-27-23-40(24-28-42)49(55)62-44-31-29-43(30-32-44)61-48(54)39-21-25-41(26-22-39)56-34-14-5-3-4-6-16-37-59-47(53)20-12-10-18-38-60-46(52)19-11-9-13-33-50/h2,21-32,50H,1,3-20,33-38H2. The van der Waals surface area contributed by atoms with Crippen LogP contribution in [0.5, 0.6) is 23.0 Å². The van der Waals surface area contributed by atoms with E-state index in [4.69, 9.17) is 38.3 Å². The first kappa shape index (κ1) is 50.7. The van der Waals surface area contributed by atoms with Crippen LogP contribution in [0.15, 0.2) is 85.5 Å². The minimum Gasteiger partial charge on any atom is -0.494 e. The Morgan fingerprint density at radius 2 is 0.758 bits per heavy atom. The van der Waals surface area contributed by atoms with Crippen LogP contribution in [-0.4, -0.2) is 74.6 Å². The molecule has 0 aromatic heterocycles. The van der Waals surface area contributed by atoms with Crippen LogP contribution in [0.1, 0.15) is 136 Å². The zero-order chi connectivity index (χ0) is 44.5. The highest BCUT2D eigenvalue weighted by molar-refractivity contribution is 5.92. The van der Waals surface area contributed by atoms with Crippen LogP contribution in [0.25, 0.3) is 0 Å². The lowest BCUT2D eigenvalue weighted by molar-refractivity contribution is -0.145. The van der Waals surface area contributed by atoms with Gasteiger partial charge in [0.2, 0.25) is 0 Å². The van der Waals surface area contributed by atoms with Crippen LogP contribution in [0.4, 0.5) is 0 Å². The van der Waals surface area contributed by atoms with Gasteiger partial charge >= 0.3 is 29.8 Å². The van der Waals surface area contributed by atoms with Crippen molar-refractivity contribution in [3.63, 3.8) is 0 Å². The first-order valence-electron chi connectivity index (χ1n) is 22.0. The SMILES string of the molecule is C=CC(=O)OCCCCCCOc1ccc(C(=O)Oc2ccc(OC(=O)c3ccc(OCCCCCCCCOC(=O)CCCCCOC(=O)CCCCCO)cc3)cc2)cc1. The summed E-state index contributed by atoms with van der Waals surface area (Å²) in [5.41, 5.74) is 0.729. The molecule has 62 heavy (non-hydrogen) atoms. The van der Waals surface area contributed by atoms with E-state index in [9.17, 15) is 24.0 Å². The molecule has 3 aromatic carbocycles. The van der Waals surface area contributed by atoms with Gasteiger partial charge in [-0.05, 0) is 143 Å². The predicted molar refractivity (Wildman–Crippen MR) is 233 cm³/mol. The molecule has 0 unspecified atom stereocenters. The highest BCUT2D eigenvalue weighted by Crippen LogP contribution is 2.22. The predicted octanol–water partition coefficient (Wildman–Crippen LogP) is 9.71. The van der Waals surface area contributed by atoms with Gasteiger partial charge in [0.25, 0.3) is 0 Å². The second kappa shape index (κ2) is 32.1. The molecule has 0 radical (unpaired) electrons. The number of carbonyl (C=O) groups excluding carboxylic acids is 5. The van der Waals surface area contributed by atoms with Gasteiger partial charge in [0.15, 0.2) is 0 Å². The lowest BCUT2D eigenvalue weighted by atomic mass is 10.1. The maximum absolute atomic E-state index is 12.7. The van der Waals surface area contributed by atoms with Crippen LogP contribution in [0, 0.1) is 0 Å². The van der Waals surface area contributed by atoms with Crippen LogP contribution in [0.3, 0.4) is 0 Å². The lowest BCUT2D eigenvalue weighted by Gasteiger charge is -2.09. The van der Waals surface area contributed by atoms with Gasteiger partial charge in [-0.2, -0.15) is 0 Å². The zero-order valence-electron chi connectivity index (χ0n) is 36.0. The van der Waals surface area contributed by atoms with Crippen molar-refractivity contribution in [1.82, 2.24) is 0 Å².